The van der Waals surface area contributed by atoms with Gasteiger partial charge >= 0.3 is 0 Å². The topological polar surface area (TPSA) is 38.0 Å². The van der Waals surface area contributed by atoms with E-state index in [0.29, 0.717) is 22.0 Å². The molecule has 0 bridgehead atoms. The van der Waals surface area contributed by atoms with Crippen molar-refractivity contribution in [3.05, 3.63) is 28.8 Å². The van der Waals surface area contributed by atoms with Crippen molar-refractivity contribution in [3.8, 4) is 0 Å². The lowest BCUT2D eigenvalue weighted by Gasteiger charge is -2.23. The molecule has 2 nitrogen and oxygen atoms in total. The molecule has 0 fully saturated rings. The van der Waals surface area contributed by atoms with E-state index in [1.807, 2.05) is 12.1 Å². The van der Waals surface area contributed by atoms with Crippen molar-refractivity contribution in [2.45, 2.75) is 33.2 Å². The molecule has 0 saturated carbocycles. The molecule has 1 unspecified atom stereocenters. The monoisotopic (exact) mass is 270 g/mol. The van der Waals surface area contributed by atoms with E-state index in [4.69, 9.17) is 29.6 Å². The molecular formula is C13H19ClN2S. The fourth-order valence-electron chi connectivity index (χ4n) is 1.79. The smallest absolute Gasteiger partial charge is 0.106 e. The van der Waals surface area contributed by atoms with Crippen LogP contribution >= 0.6 is 23.8 Å². The first-order valence-corrected chi connectivity index (χ1v) is 6.60. The number of benzene rings is 1. The Hall–Kier alpha value is -0.800. The standard InChI is InChI=1S/C13H19ClN2S/c1-4-11(8(2)3)16-12-6-5-9(14)7-10(12)13(15)17/h5-8,11,16H,4H2,1-3H3,(H2,15,17). The lowest BCUT2D eigenvalue weighted by molar-refractivity contribution is 0.511. The number of nitrogens with one attached hydrogen (secondary N) is 1. The largest absolute Gasteiger partial charge is 0.389 e. The van der Waals surface area contributed by atoms with Crippen LogP contribution in [0.15, 0.2) is 18.2 Å². The molecule has 0 aliphatic rings. The number of anilines is 1. The Morgan fingerprint density at radius 3 is 2.59 bits per heavy atom. The third-order valence-corrected chi connectivity index (χ3v) is 3.29. The van der Waals surface area contributed by atoms with Crippen molar-refractivity contribution >= 4 is 34.5 Å². The van der Waals surface area contributed by atoms with Crippen molar-refractivity contribution in [1.82, 2.24) is 0 Å². The van der Waals surface area contributed by atoms with Gasteiger partial charge in [-0.05, 0) is 30.5 Å². The minimum absolute atomic E-state index is 0.369. The summed E-state index contributed by atoms with van der Waals surface area (Å²) in [6.45, 7) is 6.54. The normalized spacial score (nSPS) is 12.5. The molecule has 4 heteroatoms. The van der Waals surface area contributed by atoms with Gasteiger partial charge in [-0.1, -0.05) is 44.6 Å². The molecule has 17 heavy (non-hydrogen) atoms. The predicted molar refractivity (Wildman–Crippen MR) is 79.9 cm³/mol. The maximum Gasteiger partial charge on any atom is 0.106 e. The van der Waals surface area contributed by atoms with Crippen LogP contribution in [0.25, 0.3) is 0 Å². The van der Waals surface area contributed by atoms with Crippen LogP contribution in [0.5, 0.6) is 0 Å². The lowest BCUT2D eigenvalue weighted by Crippen LogP contribution is -2.26. The van der Waals surface area contributed by atoms with Gasteiger partial charge in [-0.15, -0.1) is 0 Å². The number of halogens is 1. The molecule has 0 aromatic heterocycles. The average molecular weight is 271 g/mol. The predicted octanol–water partition coefficient (Wildman–Crippen LogP) is 3.82. The van der Waals surface area contributed by atoms with Crippen LogP contribution in [0, 0.1) is 5.92 Å². The van der Waals surface area contributed by atoms with E-state index in [2.05, 4.69) is 26.1 Å². The van der Waals surface area contributed by atoms with Crippen LogP contribution in [0.4, 0.5) is 5.69 Å². The second-order valence-electron chi connectivity index (χ2n) is 4.46. The Labute approximate surface area is 114 Å². The van der Waals surface area contributed by atoms with Crippen LogP contribution in [-0.4, -0.2) is 11.0 Å². The zero-order chi connectivity index (χ0) is 13.0. The number of thiocarbonyl (C=S) groups is 1. The highest BCUT2D eigenvalue weighted by molar-refractivity contribution is 7.80. The van der Waals surface area contributed by atoms with Crippen LogP contribution in [0.3, 0.4) is 0 Å². The van der Waals surface area contributed by atoms with Crippen LogP contribution in [0.2, 0.25) is 5.02 Å². The molecule has 3 N–H and O–H groups in total. The summed E-state index contributed by atoms with van der Waals surface area (Å²) < 4.78 is 0. The molecule has 94 valence electrons. The van der Waals surface area contributed by atoms with Gasteiger partial charge in [0.05, 0.1) is 0 Å². The molecule has 0 heterocycles. The highest BCUT2D eigenvalue weighted by Crippen LogP contribution is 2.23. The van der Waals surface area contributed by atoms with Gasteiger partial charge in [0.15, 0.2) is 0 Å². The third-order valence-electron chi connectivity index (χ3n) is 2.83. The van der Waals surface area contributed by atoms with E-state index in [-0.39, 0.29) is 0 Å². The SMILES string of the molecule is CCC(Nc1ccc(Cl)cc1C(N)=S)C(C)C. The van der Waals surface area contributed by atoms with Gasteiger partial charge < -0.3 is 11.1 Å². The molecule has 0 aliphatic heterocycles. The van der Waals surface area contributed by atoms with E-state index in [0.717, 1.165) is 17.7 Å². The number of hydrogen-bond acceptors (Lipinski definition) is 2. The molecule has 0 spiro atoms. The zero-order valence-electron chi connectivity index (χ0n) is 10.5. The number of hydrogen-bond donors (Lipinski definition) is 2. The minimum Gasteiger partial charge on any atom is -0.389 e. The first kappa shape index (κ1) is 14.3. The molecule has 1 aromatic rings. The molecule has 1 atom stereocenters. The van der Waals surface area contributed by atoms with E-state index >= 15 is 0 Å². The van der Waals surface area contributed by atoms with Crippen molar-refractivity contribution in [2.24, 2.45) is 11.7 Å². The maximum absolute atomic E-state index is 5.95. The molecular weight excluding hydrogens is 252 g/mol. The van der Waals surface area contributed by atoms with Crippen molar-refractivity contribution in [3.63, 3.8) is 0 Å². The summed E-state index contributed by atoms with van der Waals surface area (Å²) in [6, 6.07) is 5.99. The van der Waals surface area contributed by atoms with Gasteiger partial charge in [-0.2, -0.15) is 0 Å². The van der Waals surface area contributed by atoms with Crippen LogP contribution < -0.4 is 11.1 Å². The van der Waals surface area contributed by atoms with Crippen molar-refractivity contribution in [1.29, 1.82) is 0 Å². The first-order chi connectivity index (χ1) is 7.95. The summed E-state index contributed by atoms with van der Waals surface area (Å²) in [5.41, 5.74) is 7.48. The highest BCUT2D eigenvalue weighted by Gasteiger charge is 2.13. The summed E-state index contributed by atoms with van der Waals surface area (Å²) in [7, 11) is 0. The lowest BCUT2D eigenvalue weighted by atomic mass is 10.0. The Balaban J connectivity index is 3.01. The van der Waals surface area contributed by atoms with Gasteiger partial charge in [-0.3, -0.25) is 0 Å². The Bertz CT molecular complexity index is 404. The fraction of sp³-hybridized carbons (Fsp3) is 0.462. The third kappa shape index (κ3) is 3.86. The van der Waals surface area contributed by atoms with Crippen molar-refractivity contribution < 1.29 is 0 Å². The minimum atomic E-state index is 0.369. The van der Waals surface area contributed by atoms with Crippen molar-refractivity contribution in [2.75, 3.05) is 5.32 Å². The van der Waals surface area contributed by atoms with Crippen LogP contribution in [0.1, 0.15) is 32.8 Å². The molecule has 1 aromatic carbocycles. The number of nitrogens with two attached hydrogens (primary N) is 1. The van der Waals surface area contributed by atoms with Crippen LogP contribution in [-0.2, 0) is 0 Å². The molecule has 1 rings (SSSR count). The van der Waals surface area contributed by atoms with E-state index in [1.165, 1.54) is 0 Å². The first-order valence-electron chi connectivity index (χ1n) is 5.81. The Kier molecular flexibility index (Phi) is 5.22. The van der Waals surface area contributed by atoms with Gasteiger partial charge in [0.25, 0.3) is 0 Å². The summed E-state index contributed by atoms with van der Waals surface area (Å²) in [5.74, 6) is 0.551. The highest BCUT2D eigenvalue weighted by atomic mass is 35.5. The van der Waals surface area contributed by atoms with E-state index < -0.39 is 0 Å². The summed E-state index contributed by atoms with van der Waals surface area (Å²) >= 11 is 11.0. The zero-order valence-corrected chi connectivity index (χ0v) is 12.0. The second-order valence-corrected chi connectivity index (χ2v) is 5.33. The van der Waals surface area contributed by atoms with E-state index in [1.54, 1.807) is 6.07 Å². The Morgan fingerprint density at radius 1 is 1.47 bits per heavy atom. The fourth-order valence-corrected chi connectivity index (χ4v) is 2.13. The van der Waals surface area contributed by atoms with Gasteiger partial charge in [0, 0.05) is 22.3 Å². The second kappa shape index (κ2) is 6.22. The van der Waals surface area contributed by atoms with Gasteiger partial charge in [-0.25, -0.2) is 0 Å². The van der Waals surface area contributed by atoms with Gasteiger partial charge in [0.2, 0.25) is 0 Å². The van der Waals surface area contributed by atoms with E-state index in [9.17, 15) is 0 Å². The summed E-state index contributed by atoms with van der Waals surface area (Å²) in [6.07, 6.45) is 1.05. The Morgan fingerprint density at radius 2 is 2.12 bits per heavy atom. The number of rotatable bonds is 5. The molecule has 0 amide bonds. The average Bonchev–Trinajstić information content (AvgIpc) is 2.26. The van der Waals surface area contributed by atoms with Gasteiger partial charge in [0.1, 0.15) is 4.99 Å². The summed E-state index contributed by atoms with van der Waals surface area (Å²) in [5, 5.41) is 4.13. The quantitative estimate of drug-likeness (QED) is 0.799. The molecule has 0 aliphatic carbocycles. The maximum atomic E-state index is 5.95. The molecule has 0 radical (unpaired) electrons. The summed E-state index contributed by atoms with van der Waals surface area (Å²) in [4.78, 5) is 0.369. The molecule has 0 saturated heterocycles.